The van der Waals surface area contributed by atoms with Gasteiger partial charge in [-0.3, -0.25) is 0 Å². The average Bonchev–Trinajstić information content (AvgIpc) is 2.86. The molecule has 0 aliphatic carbocycles. The second kappa shape index (κ2) is 6.90. The molecule has 4 heteroatoms. The topological polar surface area (TPSA) is 39.1 Å². The predicted molar refractivity (Wildman–Crippen MR) is 72.7 cm³/mol. The van der Waals surface area contributed by atoms with Crippen molar-refractivity contribution in [2.45, 2.75) is 58.2 Å². The molecule has 0 saturated carbocycles. The zero-order valence-corrected chi connectivity index (χ0v) is 11.6. The van der Waals surface area contributed by atoms with Crippen LogP contribution < -0.4 is 5.32 Å². The van der Waals surface area contributed by atoms with Gasteiger partial charge in [0.05, 0.1) is 6.10 Å². The molecule has 2 rings (SSSR count). The van der Waals surface area contributed by atoms with Crippen LogP contribution in [0.15, 0.2) is 12.4 Å². The van der Waals surface area contributed by atoms with Gasteiger partial charge in [-0.15, -0.1) is 0 Å². The summed E-state index contributed by atoms with van der Waals surface area (Å²) in [6.45, 7) is 7.19. The Kier molecular flexibility index (Phi) is 5.20. The highest BCUT2D eigenvalue weighted by Crippen LogP contribution is 2.18. The Morgan fingerprint density at radius 2 is 2.39 bits per heavy atom. The SMILES string of the molecule is CCNC(Cc1nccn1CC)C1CCCCO1. The van der Waals surface area contributed by atoms with Gasteiger partial charge in [0.15, 0.2) is 0 Å². The van der Waals surface area contributed by atoms with Crippen LogP contribution in [-0.2, 0) is 17.7 Å². The van der Waals surface area contributed by atoms with E-state index < -0.39 is 0 Å². The monoisotopic (exact) mass is 251 g/mol. The molecular formula is C14H25N3O. The zero-order valence-electron chi connectivity index (χ0n) is 11.6. The molecule has 1 aliphatic rings. The van der Waals surface area contributed by atoms with Crippen molar-refractivity contribution < 1.29 is 4.74 Å². The van der Waals surface area contributed by atoms with Crippen LogP contribution in [0.1, 0.15) is 38.9 Å². The van der Waals surface area contributed by atoms with E-state index in [0.717, 1.165) is 31.9 Å². The van der Waals surface area contributed by atoms with Gasteiger partial charge in [0, 0.05) is 38.0 Å². The van der Waals surface area contributed by atoms with E-state index in [-0.39, 0.29) is 0 Å². The average molecular weight is 251 g/mol. The summed E-state index contributed by atoms with van der Waals surface area (Å²) in [4.78, 5) is 4.47. The van der Waals surface area contributed by atoms with Gasteiger partial charge in [-0.1, -0.05) is 6.92 Å². The number of ether oxygens (including phenoxy) is 1. The van der Waals surface area contributed by atoms with Crippen LogP contribution in [0.3, 0.4) is 0 Å². The summed E-state index contributed by atoms with van der Waals surface area (Å²) in [6.07, 6.45) is 8.92. The van der Waals surface area contributed by atoms with Crippen LogP contribution in [0, 0.1) is 0 Å². The highest BCUT2D eigenvalue weighted by atomic mass is 16.5. The second-order valence-electron chi connectivity index (χ2n) is 4.90. The third kappa shape index (κ3) is 3.33. The first-order valence-electron chi connectivity index (χ1n) is 7.20. The largest absolute Gasteiger partial charge is 0.377 e. The van der Waals surface area contributed by atoms with E-state index in [1.54, 1.807) is 0 Å². The number of hydrogen-bond acceptors (Lipinski definition) is 3. The number of imidazole rings is 1. The second-order valence-corrected chi connectivity index (χ2v) is 4.90. The Hall–Kier alpha value is -0.870. The van der Waals surface area contributed by atoms with Crippen molar-refractivity contribution in [2.24, 2.45) is 0 Å². The van der Waals surface area contributed by atoms with E-state index in [1.165, 1.54) is 19.3 Å². The van der Waals surface area contributed by atoms with Gasteiger partial charge in [-0.05, 0) is 32.7 Å². The summed E-state index contributed by atoms with van der Waals surface area (Å²) in [5, 5.41) is 3.56. The standard InChI is InChI=1S/C14H25N3O/c1-3-15-12(13-7-5-6-10-18-13)11-14-16-8-9-17(14)4-2/h8-9,12-13,15H,3-7,10-11H2,1-2H3. The summed E-state index contributed by atoms with van der Waals surface area (Å²) in [6, 6.07) is 0.392. The smallest absolute Gasteiger partial charge is 0.110 e. The van der Waals surface area contributed by atoms with Gasteiger partial charge < -0.3 is 14.6 Å². The maximum absolute atomic E-state index is 5.92. The molecule has 0 amide bonds. The quantitative estimate of drug-likeness (QED) is 0.840. The van der Waals surface area contributed by atoms with Crippen molar-refractivity contribution in [3.05, 3.63) is 18.2 Å². The molecule has 1 aromatic rings. The number of rotatable bonds is 6. The predicted octanol–water partition coefficient (Wildman–Crippen LogP) is 1.99. The Morgan fingerprint density at radius 3 is 3.06 bits per heavy atom. The lowest BCUT2D eigenvalue weighted by Crippen LogP contribution is -2.44. The molecule has 0 spiro atoms. The Labute approximate surface area is 110 Å². The van der Waals surface area contributed by atoms with Crippen LogP contribution in [0.5, 0.6) is 0 Å². The van der Waals surface area contributed by atoms with E-state index in [2.05, 4.69) is 34.9 Å². The molecule has 102 valence electrons. The molecule has 0 radical (unpaired) electrons. The molecule has 1 aliphatic heterocycles. The zero-order chi connectivity index (χ0) is 12.8. The van der Waals surface area contributed by atoms with Crippen molar-refractivity contribution >= 4 is 0 Å². The maximum Gasteiger partial charge on any atom is 0.110 e. The molecule has 0 aromatic carbocycles. The van der Waals surface area contributed by atoms with Gasteiger partial charge in [-0.25, -0.2) is 4.98 Å². The minimum atomic E-state index is 0.348. The van der Waals surface area contributed by atoms with Crippen LogP contribution in [-0.4, -0.2) is 34.8 Å². The van der Waals surface area contributed by atoms with Crippen molar-refractivity contribution in [1.82, 2.24) is 14.9 Å². The molecule has 2 atom stereocenters. The third-order valence-electron chi connectivity index (χ3n) is 3.67. The highest BCUT2D eigenvalue weighted by molar-refractivity contribution is 4.97. The molecular weight excluding hydrogens is 226 g/mol. The molecule has 4 nitrogen and oxygen atoms in total. The lowest BCUT2D eigenvalue weighted by atomic mass is 9.99. The van der Waals surface area contributed by atoms with Gasteiger partial charge in [0.2, 0.25) is 0 Å². The molecule has 18 heavy (non-hydrogen) atoms. The number of nitrogens with zero attached hydrogens (tertiary/aromatic N) is 2. The van der Waals surface area contributed by atoms with Crippen LogP contribution in [0.25, 0.3) is 0 Å². The van der Waals surface area contributed by atoms with Crippen molar-refractivity contribution in [1.29, 1.82) is 0 Å². The first-order valence-corrected chi connectivity index (χ1v) is 7.20. The number of nitrogens with one attached hydrogen (secondary N) is 1. The first-order chi connectivity index (χ1) is 8.85. The summed E-state index contributed by atoms with van der Waals surface area (Å²) in [5.41, 5.74) is 0. The molecule has 2 heterocycles. The van der Waals surface area contributed by atoms with Crippen molar-refractivity contribution in [3.63, 3.8) is 0 Å². The Balaban J connectivity index is 2.00. The molecule has 2 unspecified atom stereocenters. The summed E-state index contributed by atoms with van der Waals surface area (Å²) in [5.74, 6) is 1.16. The minimum absolute atomic E-state index is 0.348. The van der Waals surface area contributed by atoms with E-state index in [0.29, 0.717) is 12.1 Å². The molecule has 1 fully saturated rings. The third-order valence-corrected chi connectivity index (χ3v) is 3.67. The molecule has 0 bridgehead atoms. The number of likely N-dealkylation sites (N-methyl/N-ethyl adjacent to an activating group) is 1. The molecule has 1 N–H and O–H groups in total. The van der Waals surface area contributed by atoms with Crippen LogP contribution >= 0.6 is 0 Å². The van der Waals surface area contributed by atoms with E-state index >= 15 is 0 Å². The van der Waals surface area contributed by atoms with Gasteiger partial charge in [-0.2, -0.15) is 0 Å². The fraction of sp³-hybridized carbons (Fsp3) is 0.786. The summed E-state index contributed by atoms with van der Waals surface area (Å²) < 4.78 is 8.13. The molecule has 1 aromatic heterocycles. The summed E-state index contributed by atoms with van der Waals surface area (Å²) >= 11 is 0. The van der Waals surface area contributed by atoms with E-state index in [1.807, 2.05) is 6.20 Å². The summed E-state index contributed by atoms with van der Waals surface area (Å²) in [7, 11) is 0. The maximum atomic E-state index is 5.92. The lowest BCUT2D eigenvalue weighted by Gasteiger charge is -2.31. The fourth-order valence-corrected chi connectivity index (χ4v) is 2.69. The van der Waals surface area contributed by atoms with Crippen LogP contribution in [0.4, 0.5) is 0 Å². The minimum Gasteiger partial charge on any atom is -0.377 e. The Morgan fingerprint density at radius 1 is 1.50 bits per heavy atom. The highest BCUT2D eigenvalue weighted by Gasteiger charge is 2.25. The van der Waals surface area contributed by atoms with E-state index in [4.69, 9.17) is 4.74 Å². The number of aryl methyl sites for hydroxylation is 1. The van der Waals surface area contributed by atoms with Crippen molar-refractivity contribution in [3.8, 4) is 0 Å². The van der Waals surface area contributed by atoms with E-state index in [9.17, 15) is 0 Å². The van der Waals surface area contributed by atoms with Gasteiger partial charge >= 0.3 is 0 Å². The first kappa shape index (κ1) is 13.6. The Bertz CT molecular complexity index is 345. The lowest BCUT2D eigenvalue weighted by molar-refractivity contribution is -0.00761. The normalized spacial score (nSPS) is 22.0. The molecule has 1 saturated heterocycles. The van der Waals surface area contributed by atoms with Crippen LogP contribution in [0.2, 0.25) is 0 Å². The van der Waals surface area contributed by atoms with Gasteiger partial charge in [0.1, 0.15) is 5.82 Å². The fourth-order valence-electron chi connectivity index (χ4n) is 2.69. The van der Waals surface area contributed by atoms with Crippen molar-refractivity contribution in [2.75, 3.05) is 13.2 Å². The number of aromatic nitrogens is 2. The number of hydrogen-bond donors (Lipinski definition) is 1. The van der Waals surface area contributed by atoms with Gasteiger partial charge in [0.25, 0.3) is 0 Å².